The second-order valence-electron chi connectivity index (χ2n) is 6.53. The molecule has 2 unspecified atom stereocenters. The van der Waals surface area contributed by atoms with Gasteiger partial charge in [-0.3, -0.25) is 4.90 Å². The van der Waals surface area contributed by atoms with E-state index in [0.717, 1.165) is 18.8 Å². The van der Waals surface area contributed by atoms with E-state index in [1.54, 1.807) is 0 Å². The molecule has 2 nitrogen and oxygen atoms in total. The molecule has 1 rings (SSSR count). The summed E-state index contributed by atoms with van der Waals surface area (Å²) in [6.45, 7) is 6.98. The van der Waals surface area contributed by atoms with E-state index in [0.29, 0.717) is 5.41 Å². The third kappa shape index (κ3) is 2.77. The molecule has 16 heavy (non-hydrogen) atoms. The molecule has 0 aromatic carbocycles. The minimum absolute atomic E-state index is 0.208. The van der Waals surface area contributed by atoms with Crippen LogP contribution < -0.4 is 0 Å². The summed E-state index contributed by atoms with van der Waals surface area (Å²) in [5.41, 5.74) is 0.178. The van der Waals surface area contributed by atoms with Gasteiger partial charge in [0.15, 0.2) is 0 Å². The molecular formula is C14H26N2. The van der Waals surface area contributed by atoms with Crippen molar-refractivity contribution in [3.63, 3.8) is 0 Å². The molecule has 0 radical (unpaired) electrons. The fourth-order valence-electron chi connectivity index (χ4n) is 2.85. The highest BCUT2D eigenvalue weighted by atomic mass is 15.1. The average molecular weight is 222 g/mol. The summed E-state index contributed by atoms with van der Waals surface area (Å²) < 4.78 is 0. The Kier molecular flexibility index (Phi) is 4.02. The van der Waals surface area contributed by atoms with Crippen LogP contribution in [0.25, 0.3) is 0 Å². The van der Waals surface area contributed by atoms with Gasteiger partial charge in [-0.1, -0.05) is 27.2 Å². The zero-order valence-electron chi connectivity index (χ0n) is 11.5. The van der Waals surface area contributed by atoms with Crippen LogP contribution in [0.3, 0.4) is 0 Å². The van der Waals surface area contributed by atoms with Crippen molar-refractivity contribution in [3.8, 4) is 6.07 Å². The molecule has 0 aromatic rings. The average Bonchev–Trinajstić information content (AvgIpc) is 2.39. The molecule has 1 saturated carbocycles. The quantitative estimate of drug-likeness (QED) is 0.635. The zero-order chi connectivity index (χ0) is 12.4. The maximum atomic E-state index is 9.43. The van der Waals surface area contributed by atoms with Gasteiger partial charge >= 0.3 is 0 Å². The lowest BCUT2D eigenvalue weighted by atomic mass is 9.76. The zero-order valence-corrected chi connectivity index (χ0v) is 11.5. The van der Waals surface area contributed by atoms with Gasteiger partial charge in [0.2, 0.25) is 0 Å². The second-order valence-corrected chi connectivity index (χ2v) is 6.53. The SMILES string of the molecule is CN(C)C1(C#N)CCCC(C(C)(C)C)CC1. The fraction of sp³-hybridized carbons (Fsp3) is 0.929. The first-order valence-electron chi connectivity index (χ1n) is 6.40. The Morgan fingerprint density at radius 3 is 2.25 bits per heavy atom. The molecule has 0 aromatic heterocycles. The molecular weight excluding hydrogens is 196 g/mol. The first-order valence-corrected chi connectivity index (χ1v) is 6.40. The highest BCUT2D eigenvalue weighted by Gasteiger charge is 2.37. The van der Waals surface area contributed by atoms with Gasteiger partial charge in [-0.05, 0) is 51.1 Å². The van der Waals surface area contributed by atoms with E-state index in [9.17, 15) is 5.26 Å². The topological polar surface area (TPSA) is 27.0 Å². The monoisotopic (exact) mass is 222 g/mol. The molecule has 0 saturated heterocycles. The van der Waals surface area contributed by atoms with Gasteiger partial charge in [-0.15, -0.1) is 0 Å². The summed E-state index contributed by atoms with van der Waals surface area (Å²) in [5, 5.41) is 9.43. The molecule has 0 bridgehead atoms. The number of nitrogens with zero attached hydrogens (tertiary/aromatic N) is 2. The van der Waals surface area contributed by atoms with Crippen molar-refractivity contribution in [2.75, 3.05) is 14.1 Å². The van der Waals surface area contributed by atoms with Gasteiger partial charge in [0.05, 0.1) is 6.07 Å². The lowest BCUT2D eigenvalue weighted by Gasteiger charge is -2.33. The summed E-state index contributed by atoms with van der Waals surface area (Å²) in [6, 6.07) is 2.55. The van der Waals surface area contributed by atoms with Crippen LogP contribution >= 0.6 is 0 Å². The number of rotatable bonds is 1. The summed E-state index contributed by atoms with van der Waals surface area (Å²) >= 11 is 0. The lowest BCUT2D eigenvalue weighted by Crippen LogP contribution is -2.42. The van der Waals surface area contributed by atoms with Gasteiger partial charge in [-0.25, -0.2) is 0 Å². The minimum Gasteiger partial charge on any atom is -0.292 e. The smallest absolute Gasteiger partial charge is 0.108 e. The Bertz CT molecular complexity index is 269. The van der Waals surface area contributed by atoms with E-state index in [1.807, 2.05) is 14.1 Å². The van der Waals surface area contributed by atoms with Crippen LogP contribution in [0.2, 0.25) is 0 Å². The van der Waals surface area contributed by atoms with Gasteiger partial charge in [0.1, 0.15) is 5.54 Å². The van der Waals surface area contributed by atoms with Gasteiger partial charge < -0.3 is 0 Å². The van der Waals surface area contributed by atoms with Crippen LogP contribution in [0.1, 0.15) is 52.9 Å². The molecule has 0 spiro atoms. The Labute approximate surface area is 101 Å². The molecule has 0 N–H and O–H groups in total. The highest BCUT2D eigenvalue weighted by molar-refractivity contribution is 5.08. The Hall–Kier alpha value is -0.550. The maximum Gasteiger partial charge on any atom is 0.108 e. The number of nitriles is 1. The van der Waals surface area contributed by atoms with Crippen molar-refractivity contribution in [1.29, 1.82) is 5.26 Å². The standard InChI is InChI=1S/C14H26N2/c1-13(2,3)12-7-6-9-14(11-15,10-8-12)16(4)5/h12H,6-10H2,1-5H3. The van der Waals surface area contributed by atoms with Gasteiger partial charge in [0.25, 0.3) is 0 Å². The Balaban J connectivity index is 2.76. The summed E-state index contributed by atoms with van der Waals surface area (Å²) in [6.07, 6.45) is 5.71. The van der Waals surface area contributed by atoms with E-state index in [4.69, 9.17) is 0 Å². The summed E-state index contributed by atoms with van der Waals surface area (Å²) in [7, 11) is 4.08. The molecule has 1 fully saturated rings. The Morgan fingerprint density at radius 1 is 1.19 bits per heavy atom. The normalized spacial score (nSPS) is 32.2. The number of hydrogen-bond acceptors (Lipinski definition) is 2. The molecule has 1 aliphatic carbocycles. The lowest BCUT2D eigenvalue weighted by molar-refractivity contribution is 0.175. The molecule has 0 aliphatic heterocycles. The molecule has 2 heteroatoms. The molecule has 2 atom stereocenters. The summed E-state index contributed by atoms with van der Waals surface area (Å²) in [4.78, 5) is 2.12. The van der Waals surface area contributed by atoms with Crippen molar-refractivity contribution in [2.45, 2.75) is 58.4 Å². The first-order chi connectivity index (χ1) is 7.32. The van der Waals surface area contributed by atoms with Crippen LogP contribution in [0.5, 0.6) is 0 Å². The molecule has 1 aliphatic rings. The van der Waals surface area contributed by atoms with Crippen LogP contribution in [0.4, 0.5) is 0 Å². The van der Waals surface area contributed by atoms with Crippen LogP contribution in [-0.4, -0.2) is 24.5 Å². The fourth-order valence-corrected chi connectivity index (χ4v) is 2.85. The van der Waals surface area contributed by atoms with Crippen LogP contribution in [-0.2, 0) is 0 Å². The Morgan fingerprint density at radius 2 is 1.81 bits per heavy atom. The third-order valence-electron chi connectivity index (χ3n) is 4.34. The van der Waals surface area contributed by atoms with Crippen molar-refractivity contribution < 1.29 is 0 Å². The van der Waals surface area contributed by atoms with Gasteiger partial charge in [0, 0.05) is 0 Å². The maximum absolute atomic E-state index is 9.43. The van der Waals surface area contributed by atoms with Crippen molar-refractivity contribution in [2.24, 2.45) is 11.3 Å². The van der Waals surface area contributed by atoms with E-state index in [1.165, 1.54) is 19.3 Å². The van der Waals surface area contributed by atoms with Crippen molar-refractivity contribution >= 4 is 0 Å². The molecule has 92 valence electrons. The predicted octanol–water partition coefficient (Wildman–Crippen LogP) is 3.44. The summed E-state index contributed by atoms with van der Waals surface area (Å²) in [5.74, 6) is 0.766. The van der Waals surface area contributed by atoms with Crippen molar-refractivity contribution in [3.05, 3.63) is 0 Å². The predicted molar refractivity (Wildman–Crippen MR) is 68.1 cm³/mol. The van der Waals surface area contributed by atoms with Crippen LogP contribution in [0.15, 0.2) is 0 Å². The van der Waals surface area contributed by atoms with E-state index >= 15 is 0 Å². The third-order valence-corrected chi connectivity index (χ3v) is 4.34. The number of hydrogen-bond donors (Lipinski definition) is 0. The minimum atomic E-state index is -0.208. The van der Waals surface area contributed by atoms with E-state index in [-0.39, 0.29) is 5.54 Å². The largest absolute Gasteiger partial charge is 0.292 e. The molecule has 0 heterocycles. The molecule has 0 amide bonds. The highest BCUT2D eigenvalue weighted by Crippen LogP contribution is 2.40. The first kappa shape index (κ1) is 13.5. The van der Waals surface area contributed by atoms with Crippen LogP contribution in [0, 0.1) is 22.7 Å². The van der Waals surface area contributed by atoms with E-state index in [2.05, 4.69) is 31.7 Å². The van der Waals surface area contributed by atoms with Crippen molar-refractivity contribution in [1.82, 2.24) is 4.90 Å². The second kappa shape index (κ2) is 4.75. The van der Waals surface area contributed by atoms with E-state index < -0.39 is 0 Å². The van der Waals surface area contributed by atoms with Gasteiger partial charge in [-0.2, -0.15) is 5.26 Å².